The lowest BCUT2D eigenvalue weighted by atomic mass is 10.0. The van der Waals surface area contributed by atoms with Gasteiger partial charge in [0, 0.05) is 35.7 Å². The zero-order valence-electron chi connectivity index (χ0n) is 15.0. The van der Waals surface area contributed by atoms with Crippen molar-refractivity contribution in [3.8, 4) is 0 Å². The van der Waals surface area contributed by atoms with E-state index in [-0.39, 0.29) is 18.0 Å². The van der Waals surface area contributed by atoms with Gasteiger partial charge in [-0.1, -0.05) is 11.6 Å². The number of aromatic amines is 1. The Kier molecular flexibility index (Phi) is 4.97. The first kappa shape index (κ1) is 17.3. The van der Waals surface area contributed by atoms with Gasteiger partial charge < -0.3 is 19.9 Å². The summed E-state index contributed by atoms with van der Waals surface area (Å²) in [7, 11) is 0. The Morgan fingerprint density at radius 3 is 2.68 bits per heavy atom. The molecule has 2 aromatic rings. The number of nitrogens with one attached hydrogen (secondary N) is 2. The standard InChI is InChI=1S/C19H25N3O3/c1-4-25-19(24)22-9-7-14(8-10-22)21-18(23)17-13(3)20-16-6-5-12(2)11-15(16)17/h5-6,11,14,20H,4,7-10H2,1-3H3,(H,21,23). The molecule has 0 unspecified atom stereocenters. The van der Waals surface area contributed by atoms with E-state index in [1.807, 2.05) is 32.0 Å². The summed E-state index contributed by atoms with van der Waals surface area (Å²) in [6.07, 6.45) is 1.21. The minimum atomic E-state index is -0.268. The second kappa shape index (κ2) is 7.17. The summed E-state index contributed by atoms with van der Waals surface area (Å²) in [6, 6.07) is 6.15. The van der Waals surface area contributed by atoms with Crippen LogP contribution in [0.3, 0.4) is 0 Å². The smallest absolute Gasteiger partial charge is 0.409 e. The van der Waals surface area contributed by atoms with E-state index in [0.29, 0.717) is 25.3 Å². The van der Waals surface area contributed by atoms with Crippen molar-refractivity contribution in [3.05, 3.63) is 35.0 Å². The second-order valence-electron chi connectivity index (χ2n) is 6.61. The van der Waals surface area contributed by atoms with Gasteiger partial charge >= 0.3 is 6.09 Å². The van der Waals surface area contributed by atoms with Gasteiger partial charge in [0.1, 0.15) is 0 Å². The molecule has 1 aromatic carbocycles. The van der Waals surface area contributed by atoms with Gasteiger partial charge in [-0.05, 0) is 45.7 Å². The van der Waals surface area contributed by atoms with Crippen molar-refractivity contribution < 1.29 is 14.3 Å². The molecule has 1 aromatic heterocycles. The fourth-order valence-electron chi connectivity index (χ4n) is 3.41. The van der Waals surface area contributed by atoms with Crippen LogP contribution in [0.5, 0.6) is 0 Å². The molecule has 1 aliphatic rings. The molecule has 1 saturated heterocycles. The van der Waals surface area contributed by atoms with E-state index in [9.17, 15) is 9.59 Å². The van der Waals surface area contributed by atoms with Crippen molar-refractivity contribution in [1.82, 2.24) is 15.2 Å². The molecule has 2 amide bonds. The van der Waals surface area contributed by atoms with Crippen LogP contribution in [0.25, 0.3) is 10.9 Å². The first-order valence-corrected chi connectivity index (χ1v) is 8.81. The minimum absolute atomic E-state index is 0.0519. The van der Waals surface area contributed by atoms with Crippen LogP contribution < -0.4 is 5.32 Å². The minimum Gasteiger partial charge on any atom is -0.450 e. The molecule has 0 bridgehead atoms. The van der Waals surface area contributed by atoms with E-state index < -0.39 is 0 Å². The van der Waals surface area contributed by atoms with Gasteiger partial charge in [-0.3, -0.25) is 4.79 Å². The maximum atomic E-state index is 12.8. The Hall–Kier alpha value is -2.50. The van der Waals surface area contributed by atoms with Gasteiger partial charge in [-0.15, -0.1) is 0 Å². The number of carbonyl (C=O) groups is 2. The predicted molar refractivity (Wildman–Crippen MR) is 96.9 cm³/mol. The zero-order valence-corrected chi connectivity index (χ0v) is 15.0. The average molecular weight is 343 g/mol. The van der Waals surface area contributed by atoms with Crippen LogP contribution in [-0.2, 0) is 4.74 Å². The largest absolute Gasteiger partial charge is 0.450 e. The molecule has 2 N–H and O–H groups in total. The van der Waals surface area contributed by atoms with Crippen LogP contribution >= 0.6 is 0 Å². The molecule has 3 rings (SSSR count). The molecule has 0 spiro atoms. The lowest BCUT2D eigenvalue weighted by molar-refractivity contribution is 0.0861. The predicted octanol–water partition coefficient (Wildman–Crippen LogP) is 3.14. The zero-order chi connectivity index (χ0) is 18.0. The van der Waals surface area contributed by atoms with Crippen molar-refractivity contribution >= 4 is 22.9 Å². The molecule has 134 valence electrons. The number of rotatable bonds is 3. The van der Waals surface area contributed by atoms with Gasteiger partial charge in [0.05, 0.1) is 12.2 Å². The molecule has 6 heteroatoms. The number of ether oxygens (including phenoxy) is 1. The number of aromatic nitrogens is 1. The van der Waals surface area contributed by atoms with E-state index >= 15 is 0 Å². The third kappa shape index (κ3) is 3.62. The van der Waals surface area contributed by atoms with Gasteiger partial charge in [0.2, 0.25) is 0 Å². The quantitative estimate of drug-likeness (QED) is 0.899. The van der Waals surface area contributed by atoms with Crippen LogP contribution in [0, 0.1) is 13.8 Å². The first-order valence-electron chi connectivity index (χ1n) is 8.81. The van der Waals surface area contributed by atoms with Crippen LogP contribution in [0.1, 0.15) is 41.4 Å². The lowest BCUT2D eigenvalue weighted by Gasteiger charge is -2.31. The van der Waals surface area contributed by atoms with Crippen molar-refractivity contribution in [1.29, 1.82) is 0 Å². The van der Waals surface area contributed by atoms with Gasteiger partial charge in [0.25, 0.3) is 5.91 Å². The maximum Gasteiger partial charge on any atom is 0.409 e. The monoisotopic (exact) mass is 343 g/mol. The maximum absolute atomic E-state index is 12.8. The van der Waals surface area contributed by atoms with Gasteiger partial charge in [-0.25, -0.2) is 4.79 Å². The lowest BCUT2D eigenvalue weighted by Crippen LogP contribution is -2.46. The van der Waals surface area contributed by atoms with Crippen molar-refractivity contribution in [2.45, 2.75) is 39.7 Å². The number of hydrogen-bond donors (Lipinski definition) is 2. The van der Waals surface area contributed by atoms with Crippen molar-refractivity contribution in [3.63, 3.8) is 0 Å². The van der Waals surface area contributed by atoms with E-state index in [4.69, 9.17) is 4.74 Å². The molecule has 0 aliphatic carbocycles. The molecule has 2 heterocycles. The Balaban J connectivity index is 1.67. The Bertz CT molecular complexity index is 789. The van der Waals surface area contributed by atoms with E-state index in [1.165, 1.54) is 0 Å². The fraction of sp³-hybridized carbons (Fsp3) is 0.474. The number of carbonyl (C=O) groups excluding carboxylic acids is 2. The number of likely N-dealkylation sites (tertiary alicyclic amines) is 1. The number of benzene rings is 1. The van der Waals surface area contributed by atoms with Crippen LogP contribution in [0.4, 0.5) is 4.79 Å². The summed E-state index contributed by atoms with van der Waals surface area (Å²) >= 11 is 0. The summed E-state index contributed by atoms with van der Waals surface area (Å²) in [5.74, 6) is -0.0519. The highest BCUT2D eigenvalue weighted by atomic mass is 16.6. The highest BCUT2D eigenvalue weighted by Gasteiger charge is 2.26. The number of fused-ring (bicyclic) bond motifs is 1. The normalized spacial score (nSPS) is 15.4. The summed E-state index contributed by atoms with van der Waals surface area (Å²) in [5.41, 5.74) is 3.70. The summed E-state index contributed by atoms with van der Waals surface area (Å²) in [6.45, 7) is 7.35. The first-order chi connectivity index (χ1) is 12.0. The SMILES string of the molecule is CCOC(=O)N1CCC(NC(=O)c2c(C)[nH]c3ccc(C)cc23)CC1. The van der Waals surface area contributed by atoms with Crippen LogP contribution in [0.2, 0.25) is 0 Å². The van der Waals surface area contributed by atoms with E-state index in [1.54, 1.807) is 11.8 Å². The summed E-state index contributed by atoms with van der Waals surface area (Å²) < 4.78 is 5.03. The molecule has 25 heavy (non-hydrogen) atoms. The third-order valence-corrected chi connectivity index (χ3v) is 4.72. The molecule has 0 saturated carbocycles. The number of H-pyrrole nitrogens is 1. The molecule has 0 radical (unpaired) electrons. The fourth-order valence-corrected chi connectivity index (χ4v) is 3.41. The molecule has 0 atom stereocenters. The van der Waals surface area contributed by atoms with Crippen molar-refractivity contribution in [2.75, 3.05) is 19.7 Å². The summed E-state index contributed by atoms with van der Waals surface area (Å²) in [5, 5.41) is 4.08. The number of nitrogens with zero attached hydrogens (tertiary/aromatic N) is 1. The van der Waals surface area contributed by atoms with Crippen LogP contribution in [-0.4, -0.2) is 47.6 Å². The molecule has 6 nitrogen and oxygen atoms in total. The molecule has 1 fully saturated rings. The summed E-state index contributed by atoms with van der Waals surface area (Å²) in [4.78, 5) is 29.5. The van der Waals surface area contributed by atoms with Gasteiger partial charge in [-0.2, -0.15) is 0 Å². The van der Waals surface area contributed by atoms with Crippen LogP contribution in [0.15, 0.2) is 18.2 Å². The number of aryl methyl sites for hydroxylation is 2. The van der Waals surface area contributed by atoms with E-state index in [0.717, 1.165) is 35.0 Å². The second-order valence-corrected chi connectivity index (χ2v) is 6.61. The third-order valence-electron chi connectivity index (χ3n) is 4.72. The Morgan fingerprint density at radius 1 is 1.28 bits per heavy atom. The van der Waals surface area contributed by atoms with Gasteiger partial charge in [0.15, 0.2) is 0 Å². The van der Waals surface area contributed by atoms with Crippen molar-refractivity contribution in [2.24, 2.45) is 0 Å². The van der Waals surface area contributed by atoms with E-state index in [2.05, 4.69) is 10.3 Å². The Morgan fingerprint density at radius 2 is 2.00 bits per heavy atom. The Labute approximate surface area is 147 Å². The number of hydrogen-bond acceptors (Lipinski definition) is 3. The molecular formula is C19H25N3O3. The number of amides is 2. The molecule has 1 aliphatic heterocycles. The topological polar surface area (TPSA) is 74.4 Å². The number of piperidine rings is 1. The highest BCUT2D eigenvalue weighted by Crippen LogP contribution is 2.24. The highest BCUT2D eigenvalue weighted by molar-refractivity contribution is 6.08. The molecular weight excluding hydrogens is 318 g/mol. The average Bonchev–Trinajstić information content (AvgIpc) is 2.90.